The summed E-state index contributed by atoms with van der Waals surface area (Å²) in [5, 5.41) is 12.4. The number of anilines is 1. The van der Waals surface area contributed by atoms with Gasteiger partial charge in [-0.15, -0.1) is 0 Å². The average Bonchev–Trinajstić information content (AvgIpc) is 3.56. The summed E-state index contributed by atoms with van der Waals surface area (Å²) in [6.45, 7) is 4.48. The van der Waals surface area contributed by atoms with E-state index in [0.29, 0.717) is 19.5 Å². The van der Waals surface area contributed by atoms with Crippen LogP contribution in [0.15, 0.2) is 18.2 Å². The highest BCUT2D eigenvalue weighted by Gasteiger charge is 2.55. The number of piperazine rings is 1. The highest BCUT2D eigenvalue weighted by molar-refractivity contribution is 6.31. The van der Waals surface area contributed by atoms with Crippen molar-refractivity contribution in [2.75, 3.05) is 31.6 Å². The predicted molar refractivity (Wildman–Crippen MR) is 135 cm³/mol. The van der Waals surface area contributed by atoms with Crippen LogP contribution < -0.4 is 5.32 Å². The molecule has 4 aliphatic rings. The van der Waals surface area contributed by atoms with Crippen LogP contribution in [-0.4, -0.2) is 87.8 Å². The molecular formula is C26H32ClF3N4O5. The SMILES string of the molecule is CC1C(=O)N2C(CCC(=O)N3CCC4(CC4)C(O)C3)COC2(C)CN1C(=O)Nc1ccc(C(F)(F)F)c(Cl)c1. The quantitative estimate of drug-likeness (QED) is 0.573. The van der Waals surface area contributed by atoms with Crippen LogP contribution in [0.2, 0.25) is 5.02 Å². The third-order valence-electron chi connectivity index (χ3n) is 8.69. The molecule has 3 aliphatic heterocycles. The summed E-state index contributed by atoms with van der Waals surface area (Å²) < 4.78 is 45.0. The van der Waals surface area contributed by atoms with Crippen molar-refractivity contribution in [3.05, 3.63) is 28.8 Å². The van der Waals surface area contributed by atoms with E-state index in [-0.39, 0.29) is 48.5 Å². The van der Waals surface area contributed by atoms with E-state index in [0.717, 1.165) is 37.5 Å². The molecule has 3 saturated heterocycles. The summed E-state index contributed by atoms with van der Waals surface area (Å²) in [5.74, 6) is -0.407. The molecule has 13 heteroatoms. The number of rotatable bonds is 4. The minimum atomic E-state index is -4.62. The second-order valence-corrected chi connectivity index (χ2v) is 11.7. The third kappa shape index (κ3) is 5.18. The van der Waals surface area contributed by atoms with E-state index in [1.54, 1.807) is 23.6 Å². The highest BCUT2D eigenvalue weighted by atomic mass is 35.5. The molecule has 1 aliphatic carbocycles. The highest BCUT2D eigenvalue weighted by Crippen LogP contribution is 2.53. The molecule has 0 radical (unpaired) electrons. The lowest BCUT2D eigenvalue weighted by atomic mass is 9.90. The number of aliphatic hydroxyl groups excluding tert-OH is 1. The Kier molecular flexibility index (Phi) is 7.04. The Bertz CT molecular complexity index is 1180. The van der Waals surface area contributed by atoms with Gasteiger partial charge in [0.25, 0.3) is 0 Å². The number of hydrogen-bond donors (Lipinski definition) is 2. The van der Waals surface area contributed by atoms with Gasteiger partial charge in [0.1, 0.15) is 6.04 Å². The summed E-state index contributed by atoms with van der Waals surface area (Å²) in [7, 11) is 0. The number of hydrogen-bond acceptors (Lipinski definition) is 5. The number of likely N-dealkylation sites (tertiary alicyclic amines) is 1. The second-order valence-electron chi connectivity index (χ2n) is 11.3. The Labute approximate surface area is 229 Å². The number of benzene rings is 1. The molecular weight excluding hydrogens is 541 g/mol. The molecule has 1 spiro atoms. The molecule has 4 atom stereocenters. The number of nitrogens with zero attached hydrogens (tertiary/aromatic N) is 3. The van der Waals surface area contributed by atoms with Crippen LogP contribution in [0.5, 0.6) is 0 Å². The minimum Gasteiger partial charge on any atom is -0.391 e. The second kappa shape index (κ2) is 9.81. The fraction of sp³-hybridized carbons (Fsp3) is 0.654. The number of halogens is 4. The number of urea groups is 1. The van der Waals surface area contributed by atoms with Gasteiger partial charge in [-0.2, -0.15) is 13.2 Å². The van der Waals surface area contributed by atoms with Crippen molar-refractivity contribution in [3.63, 3.8) is 0 Å². The molecule has 9 nitrogen and oxygen atoms in total. The Morgan fingerprint density at radius 1 is 1.26 bits per heavy atom. The fourth-order valence-electron chi connectivity index (χ4n) is 6.04. The zero-order valence-corrected chi connectivity index (χ0v) is 22.5. The van der Waals surface area contributed by atoms with Gasteiger partial charge in [-0.05, 0) is 63.1 Å². The maximum Gasteiger partial charge on any atom is 0.417 e. The molecule has 1 saturated carbocycles. The number of alkyl halides is 3. The van der Waals surface area contributed by atoms with E-state index in [9.17, 15) is 32.7 Å². The molecule has 4 unspecified atom stereocenters. The van der Waals surface area contributed by atoms with E-state index in [1.807, 2.05) is 0 Å². The molecule has 2 N–H and O–H groups in total. The lowest BCUT2D eigenvalue weighted by Crippen LogP contribution is -2.67. The first-order chi connectivity index (χ1) is 18.2. The first-order valence-electron chi connectivity index (χ1n) is 13.1. The van der Waals surface area contributed by atoms with Crippen LogP contribution in [0, 0.1) is 5.41 Å². The van der Waals surface area contributed by atoms with Crippen molar-refractivity contribution in [2.24, 2.45) is 5.41 Å². The first kappa shape index (κ1) is 28.0. The number of carbonyl (C=O) groups excluding carboxylic acids is 3. The lowest BCUT2D eigenvalue weighted by molar-refractivity contribution is -0.167. The Hall–Kier alpha value is -2.57. The van der Waals surface area contributed by atoms with Gasteiger partial charge in [-0.25, -0.2) is 4.79 Å². The third-order valence-corrected chi connectivity index (χ3v) is 9.00. The summed E-state index contributed by atoms with van der Waals surface area (Å²) in [5.41, 5.74) is -2.07. The van der Waals surface area contributed by atoms with Crippen LogP contribution in [0.1, 0.15) is 51.5 Å². The Morgan fingerprint density at radius 3 is 2.59 bits per heavy atom. The van der Waals surface area contributed by atoms with Crippen LogP contribution in [0.25, 0.3) is 0 Å². The monoisotopic (exact) mass is 572 g/mol. The average molecular weight is 573 g/mol. The van der Waals surface area contributed by atoms with Crippen LogP contribution in [0.4, 0.5) is 23.7 Å². The maximum absolute atomic E-state index is 13.4. The number of aliphatic hydroxyl groups is 1. The summed E-state index contributed by atoms with van der Waals surface area (Å²) in [4.78, 5) is 43.9. The van der Waals surface area contributed by atoms with E-state index < -0.39 is 40.7 Å². The van der Waals surface area contributed by atoms with Crippen molar-refractivity contribution in [2.45, 2.75) is 76.0 Å². The molecule has 0 bridgehead atoms. The minimum absolute atomic E-state index is 0.00515. The lowest BCUT2D eigenvalue weighted by Gasteiger charge is -2.47. The van der Waals surface area contributed by atoms with Gasteiger partial charge in [-0.1, -0.05) is 11.6 Å². The van der Waals surface area contributed by atoms with Gasteiger partial charge in [0, 0.05) is 25.2 Å². The number of ether oxygens (including phenoxy) is 1. The van der Waals surface area contributed by atoms with Crippen molar-refractivity contribution in [3.8, 4) is 0 Å². The molecule has 4 fully saturated rings. The maximum atomic E-state index is 13.4. The molecule has 4 amide bonds. The number of amides is 4. The fourth-order valence-corrected chi connectivity index (χ4v) is 6.33. The van der Waals surface area contributed by atoms with E-state index >= 15 is 0 Å². The predicted octanol–water partition coefficient (Wildman–Crippen LogP) is 3.69. The molecule has 1 aromatic rings. The topological polar surface area (TPSA) is 102 Å². The largest absolute Gasteiger partial charge is 0.417 e. The van der Waals surface area contributed by atoms with Gasteiger partial charge in [0.05, 0.1) is 35.9 Å². The zero-order valence-electron chi connectivity index (χ0n) is 21.8. The van der Waals surface area contributed by atoms with Gasteiger partial charge in [0.2, 0.25) is 11.8 Å². The van der Waals surface area contributed by atoms with Crippen LogP contribution in [0.3, 0.4) is 0 Å². The van der Waals surface area contributed by atoms with Crippen LogP contribution >= 0.6 is 11.6 Å². The number of nitrogens with one attached hydrogen (secondary N) is 1. The van der Waals surface area contributed by atoms with Gasteiger partial charge >= 0.3 is 12.2 Å². The molecule has 0 aromatic heterocycles. The van der Waals surface area contributed by atoms with Gasteiger partial charge in [0.15, 0.2) is 5.72 Å². The summed E-state index contributed by atoms with van der Waals surface area (Å²) in [6, 6.07) is 1.01. The molecule has 1 aromatic carbocycles. The molecule has 5 rings (SSSR count). The van der Waals surface area contributed by atoms with Gasteiger partial charge in [-0.3, -0.25) is 9.59 Å². The standard InChI is InChI=1S/C26H32ClF3N4O5/c1-15-22(37)34-17(4-6-21(36)32-10-9-25(7-8-25)20(35)12-32)13-39-24(34,2)14-33(15)23(38)31-16-3-5-18(19(27)11-16)26(28,29)30/h3,5,11,15,17,20,35H,4,6-10,12-14H2,1-2H3,(H,31,38). The van der Waals surface area contributed by atoms with E-state index in [4.69, 9.17) is 16.3 Å². The molecule has 214 valence electrons. The smallest absolute Gasteiger partial charge is 0.391 e. The van der Waals surface area contributed by atoms with E-state index in [1.165, 1.54) is 4.90 Å². The number of fused-ring (bicyclic) bond motifs is 1. The first-order valence-corrected chi connectivity index (χ1v) is 13.5. The zero-order chi connectivity index (χ0) is 28.3. The number of carbonyl (C=O) groups is 3. The van der Waals surface area contributed by atoms with Crippen LogP contribution in [-0.2, 0) is 20.5 Å². The molecule has 39 heavy (non-hydrogen) atoms. The van der Waals surface area contributed by atoms with Crippen molar-refractivity contribution >= 4 is 35.1 Å². The van der Waals surface area contributed by atoms with Crippen molar-refractivity contribution < 1.29 is 37.4 Å². The number of piperidine rings is 1. The summed E-state index contributed by atoms with van der Waals surface area (Å²) >= 11 is 5.77. The van der Waals surface area contributed by atoms with Gasteiger partial charge < -0.3 is 29.9 Å². The van der Waals surface area contributed by atoms with E-state index in [2.05, 4.69) is 5.32 Å². The van der Waals surface area contributed by atoms with Crippen molar-refractivity contribution in [1.29, 1.82) is 0 Å². The van der Waals surface area contributed by atoms with Crippen molar-refractivity contribution in [1.82, 2.24) is 14.7 Å². The normalized spacial score (nSPS) is 30.0. The summed E-state index contributed by atoms with van der Waals surface area (Å²) in [6.07, 6.45) is -1.69. The Balaban J connectivity index is 1.20. The number of β-amino-alcohol motifs (C(OH)–C–C–N with tert-alkyl or cyclic N) is 1. The molecule has 3 heterocycles. The Morgan fingerprint density at radius 2 is 1.97 bits per heavy atom.